The molecule has 7 heteroatoms. The lowest BCUT2D eigenvalue weighted by atomic mass is 10.2. The monoisotopic (exact) mass is 430 g/mol. The minimum absolute atomic E-state index is 0.137. The van der Waals surface area contributed by atoms with Gasteiger partial charge in [0.2, 0.25) is 0 Å². The number of nitrogens with zero attached hydrogens (tertiary/aromatic N) is 3. The number of hydrogen-bond acceptors (Lipinski definition) is 2. The molecule has 0 radical (unpaired) electrons. The van der Waals surface area contributed by atoms with Gasteiger partial charge in [0.25, 0.3) is 5.91 Å². The van der Waals surface area contributed by atoms with Crippen LogP contribution in [0.2, 0.25) is 10.0 Å². The SMILES string of the molecule is Cc1c(C(=O)NC2CCCC2)nn(-c2ccc(Cl)cc2Cl)c1-n1c(C)ccc1C. The van der Waals surface area contributed by atoms with Gasteiger partial charge in [0.1, 0.15) is 5.82 Å². The molecule has 3 aromatic rings. The molecule has 2 aromatic heterocycles. The van der Waals surface area contributed by atoms with Crippen LogP contribution >= 0.6 is 23.2 Å². The standard InChI is InChI=1S/C22H24Cl2N4O/c1-13-8-9-14(2)27(13)22-15(3)20(21(29)25-17-6-4-5-7-17)26-28(22)19-11-10-16(23)12-18(19)24/h8-12,17H,4-7H2,1-3H3,(H,25,29). The molecule has 0 aliphatic heterocycles. The van der Waals surface area contributed by atoms with Crippen LogP contribution in [-0.4, -0.2) is 26.3 Å². The highest BCUT2D eigenvalue weighted by Crippen LogP contribution is 2.31. The molecule has 29 heavy (non-hydrogen) atoms. The van der Waals surface area contributed by atoms with Crippen LogP contribution in [0.1, 0.15) is 53.1 Å². The first kappa shape index (κ1) is 20.0. The highest BCUT2D eigenvalue weighted by molar-refractivity contribution is 6.35. The fourth-order valence-corrected chi connectivity index (χ4v) is 4.60. The zero-order valence-electron chi connectivity index (χ0n) is 16.8. The summed E-state index contributed by atoms with van der Waals surface area (Å²) in [6.07, 6.45) is 4.37. The van der Waals surface area contributed by atoms with Gasteiger partial charge in [-0.15, -0.1) is 0 Å². The molecule has 1 aliphatic carbocycles. The Morgan fingerprint density at radius 3 is 2.34 bits per heavy atom. The normalized spacial score (nSPS) is 14.5. The maximum atomic E-state index is 13.0. The van der Waals surface area contributed by atoms with Crippen LogP contribution in [0.5, 0.6) is 0 Å². The number of aromatic nitrogens is 3. The van der Waals surface area contributed by atoms with Crippen molar-refractivity contribution in [3.8, 4) is 11.5 Å². The number of carbonyl (C=O) groups excluding carboxylic acids is 1. The van der Waals surface area contributed by atoms with Gasteiger partial charge in [0.15, 0.2) is 5.69 Å². The Labute approximate surface area is 180 Å². The third kappa shape index (κ3) is 3.69. The van der Waals surface area contributed by atoms with E-state index in [4.69, 9.17) is 28.3 Å². The quantitative estimate of drug-likeness (QED) is 0.588. The smallest absolute Gasteiger partial charge is 0.272 e. The van der Waals surface area contributed by atoms with Gasteiger partial charge in [-0.2, -0.15) is 5.10 Å². The molecule has 2 heterocycles. The first-order valence-electron chi connectivity index (χ1n) is 9.88. The van der Waals surface area contributed by atoms with Crippen LogP contribution in [0, 0.1) is 20.8 Å². The van der Waals surface area contributed by atoms with Gasteiger partial charge in [-0.25, -0.2) is 4.68 Å². The van der Waals surface area contributed by atoms with Crippen molar-refractivity contribution in [1.82, 2.24) is 19.7 Å². The fourth-order valence-electron chi connectivity index (χ4n) is 4.11. The van der Waals surface area contributed by atoms with E-state index in [1.807, 2.05) is 39.0 Å². The van der Waals surface area contributed by atoms with E-state index in [1.54, 1.807) is 16.8 Å². The molecule has 1 N–H and O–H groups in total. The fraction of sp³-hybridized carbons (Fsp3) is 0.364. The number of nitrogens with one attached hydrogen (secondary N) is 1. The Morgan fingerprint density at radius 2 is 1.72 bits per heavy atom. The number of carbonyl (C=O) groups is 1. The van der Waals surface area contributed by atoms with Crippen LogP contribution in [0.25, 0.3) is 11.5 Å². The van der Waals surface area contributed by atoms with Crippen molar-refractivity contribution in [1.29, 1.82) is 0 Å². The molecule has 4 rings (SSSR count). The van der Waals surface area contributed by atoms with E-state index in [2.05, 4.69) is 9.88 Å². The minimum Gasteiger partial charge on any atom is -0.348 e. The predicted molar refractivity (Wildman–Crippen MR) is 117 cm³/mol. The summed E-state index contributed by atoms with van der Waals surface area (Å²) < 4.78 is 3.84. The molecule has 0 saturated heterocycles. The van der Waals surface area contributed by atoms with E-state index in [9.17, 15) is 4.79 Å². The second kappa shape index (κ2) is 7.88. The zero-order valence-corrected chi connectivity index (χ0v) is 18.3. The van der Waals surface area contributed by atoms with E-state index in [1.165, 1.54) is 0 Å². The van der Waals surface area contributed by atoms with Crippen LogP contribution in [0.3, 0.4) is 0 Å². The molecule has 1 fully saturated rings. The van der Waals surface area contributed by atoms with Crippen LogP contribution in [0.15, 0.2) is 30.3 Å². The molecular formula is C22H24Cl2N4O. The third-order valence-electron chi connectivity index (χ3n) is 5.62. The lowest BCUT2D eigenvalue weighted by Crippen LogP contribution is -2.33. The summed E-state index contributed by atoms with van der Waals surface area (Å²) in [7, 11) is 0. The molecule has 152 valence electrons. The first-order valence-corrected chi connectivity index (χ1v) is 10.6. The molecular weight excluding hydrogens is 407 g/mol. The number of halogens is 2. The Hall–Kier alpha value is -2.24. The Balaban J connectivity index is 1.88. The summed E-state index contributed by atoms with van der Waals surface area (Å²) in [5, 5.41) is 8.89. The second-order valence-electron chi connectivity index (χ2n) is 7.71. The molecule has 1 aromatic carbocycles. The molecule has 1 saturated carbocycles. The van der Waals surface area contributed by atoms with Crippen molar-refractivity contribution in [2.75, 3.05) is 0 Å². The largest absolute Gasteiger partial charge is 0.348 e. The first-order chi connectivity index (χ1) is 13.9. The Morgan fingerprint density at radius 1 is 1.07 bits per heavy atom. The van der Waals surface area contributed by atoms with E-state index in [-0.39, 0.29) is 11.9 Å². The summed E-state index contributed by atoms with van der Waals surface area (Å²) in [5.74, 6) is 0.674. The number of rotatable bonds is 4. The van der Waals surface area contributed by atoms with E-state index in [0.717, 1.165) is 48.5 Å². The third-order valence-corrected chi connectivity index (χ3v) is 6.16. The van der Waals surface area contributed by atoms with Crippen LogP contribution < -0.4 is 5.32 Å². The van der Waals surface area contributed by atoms with Crippen LogP contribution in [0.4, 0.5) is 0 Å². The summed E-state index contributed by atoms with van der Waals surface area (Å²) in [6, 6.07) is 9.61. The zero-order chi connectivity index (χ0) is 20.7. The van der Waals surface area contributed by atoms with Gasteiger partial charge in [-0.05, 0) is 63.9 Å². The van der Waals surface area contributed by atoms with E-state index in [0.29, 0.717) is 21.4 Å². The number of benzene rings is 1. The van der Waals surface area contributed by atoms with Gasteiger partial charge in [-0.1, -0.05) is 36.0 Å². The predicted octanol–water partition coefficient (Wildman–Crippen LogP) is 5.57. The Kier molecular flexibility index (Phi) is 5.45. The van der Waals surface area contributed by atoms with Gasteiger partial charge in [-0.3, -0.25) is 4.79 Å². The average Bonchev–Trinajstić information content (AvgIpc) is 3.36. The second-order valence-corrected chi connectivity index (χ2v) is 8.55. The van der Waals surface area contributed by atoms with Crippen molar-refractivity contribution in [3.63, 3.8) is 0 Å². The Bertz CT molecular complexity index is 1060. The highest BCUT2D eigenvalue weighted by Gasteiger charge is 2.26. The van der Waals surface area contributed by atoms with Crippen molar-refractivity contribution in [2.45, 2.75) is 52.5 Å². The van der Waals surface area contributed by atoms with E-state index >= 15 is 0 Å². The summed E-state index contributed by atoms with van der Waals surface area (Å²) >= 11 is 12.6. The average molecular weight is 431 g/mol. The van der Waals surface area contributed by atoms with E-state index < -0.39 is 0 Å². The van der Waals surface area contributed by atoms with Gasteiger partial charge < -0.3 is 9.88 Å². The number of amides is 1. The molecule has 0 atom stereocenters. The van der Waals surface area contributed by atoms with Gasteiger partial charge in [0.05, 0.1) is 10.7 Å². The van der Waals surface area contributed by atoms with Crippen molar-refractivity contribution in [3.05, 3.63) is 63.0 Å². The molecule has 5 nitrogen and oxygen atoms in total. The molecule has 0 unspecified atom stereocenters. The minimum atomic E-state index is -0.137. The highest BCUT2D eigenvalue weighted by atomic mass is 35.5. The molecule has 0 spiro atoms. The van der Waals surface area contributed by atoms with Gasteiger partial charge in [0, 0.05) is 28.0 Å². The van der Waals surface area contributed by atoms with Crippen molar-refractivity contribution >= 4 is 29.1 Å². The number of hydrogen-bond donors (Lipinski definition) is 1. The summed E-state index contributed by atoms with van der Waals surface area (Å²) in [5.41, 5.74) is 4.03. The van der Waals surface area contributed by atoms with Crippen molar-refractivity contribution in [2.24, 2.45) is 0 Å². The maximum Gasteiger partial charge on any atom is 0.272 e. The molecule has 1 aliphatic rings. The lowest BCUT2D eigenvalue weighted by molar-refractivity contribution is 0.0932. The maximum absolute atomic E-state index is 13.0. The lowest BCUT2D eigenvalue weighted by Gasteiger charge is -2.14. The van der Waals surface area contributed by atoms with Gasteiger partial charge >= 0.3 is 0 Å². The summed E-state index contributed by atoms with van der Waals surface area (Å²) in [6.45, 7) is 6.00. The molecule has 0 bridgehead atoms. The topological polar surface area (TPSA) is 51.9 Å². The number of aryl methyl sites for hydroxylation is 2. The van der Waals surface area contributed by atoms with Crippen LogP contribution in [-0.2, 0) is 0 Å². The summed E-state index contributed by atoms with van der Waals surface area (Å²) in [4.78, 5) is 13.0. The molecule has 1 amide bonds. The van der Waals surface area contributed by atoms with Crippen molar-refractivity contribution < 1.29 is 4.79 Å².